The van der Waals surface area contributed by atoms with Crippen molar-refractivity contribution in [1.29, 1.82) is 0 Å². The molecule has 0 bridgehead atoms. The van der Waals surface area contributed by atoms with Gasteiger partial charge in [-0.15, -0.1) is 0 Å². The minimum Gasteiger partial charge on any atom is -0.497 e. The summed E-state index contributed by atoms with van der Waals surface area (Å²) in [6, 6.07) is 34.6. The lowest BCUT2D eigenvalue weighted by atomic mass is 10.1. The van der Waals surface area contributed by atoms with Gasteiger partial charge in [0.2, 0.25) is 0 Å². The van der Waals surface area contributed by atoms with E-state index in [-0.39, 0.29) is 38.1 Å². The van der Waals surface area contributed by atoms with Crippen LogP contribution in [0.4, 0.5) is 0 Å². The van der Waals surface area contributed by atoms with Gasteiger partial charge in [-0.1, -0.05) is 106 Å². The fourth-order valence-corrected chi connectivity index (χ4v) is 9.06. The molecule has 0 saturated heterocycles. The third-order valence-corrected chi connectivity index (χ3v) is 13.8. The van der Waals surface area contributed by atoms with E-state index in [0.717, 1.165) is 40.9 Å². The summed E-state index contributed by atoms with van der Waals surface area (Å²) in [4.78, 5) is 0. The number of fused-ring (bicyclic) bond motifs is 1. The van der Waals surface area contributed by atoms with Gasteiger partial charge in [0.15, 0.2) is 11.5 Å². The molecule has 0 N–H and O–H groups in total. The summed E-state index contributed by atoms with van der Waals surface area (Å²) < 4.78 is 31.7. The Morgan fingerprint density at radius 2 is 0.982 bits per heavy atom. The summed E-state index contributed by atoms with van der Waals surface area (Å²) in [5.41, 5.74) is 5.54. The molecule has 0 saturated carbocycles. The lowest BCUT2D eigenvalue weighted by molar-refractivity contribution is 0.171. The summed E-state index contributed by atoms with van der Waals surface area (Å²) in [7, 11) is 5.91. The highest BCUT2D eigenvalue weighted by Crippen LogP contribution is 2.31. The van der Waals surface area contributed by atoms with Crippen LogP contribution in [0.1, 0.15) is 41.5 Å². The maximum atomic E-state index is 5.55. The van der Waals surface area contributed by atoms with Crippen LogP contribution in [-0.2, 0) is 25.3 Å². The Labute approximate surface area is 343 Å². The zero-order valence-electron chi connectivity index (χ0n) is 35.1. The average molecular weight is 819 g/mol. The van der Waals surface area contributed by atoms with Crippen molar-refractivity contribution in [2.45, 2.75) is 88.9 Å². The number of hydrogen-bond donors (Lipinski definition) is 0. The predicted molar refractivity (Wildman–Crippen MR) is 248 cm³/mol. The molecule has 0 aromatic heterocycles. The molecule has 0 aliphatic carbocycles. The first-order chi connectivity index (χ1) is 26.9. The molecule has 0 unspecified atom stereocenters. The van der Waals surface area contributed by atoms with E-state index in [1.165, 1.54) is 84.8 Å². The Balaban J connectivity index is 0.000000255. The van der Waals surface area contributed by atoms with Crippen molar-refractivity contribution in [2.75, 3.05) is 34.5 Å². The number of hydrogen-bond acceptors (Lipinski definition) is 6. The maximum absolute atomic E-state index is 5.55. The van der Waals surface area contributed by atoms with Crippen molar-refractivity contribution in [1.82, 2.24) is 0 Å². The van der Waals surface area contributed by atoms with E-state index in [1.807, 2.05) is 36.4 Å². The predicted octanol–water partition coefficient (Wildman–Crippen LogP) is 8.49. The SMILES string of the molecule is C=COc1ccc(C[SiH2]C)cc1.COc1cc(CCC[SiH2]C)cc(OC)c1.COc1ccc(CCC[SiH2]C)cc1.C[SiH2]CCCc1ccc2c(c1)OCCO2. The van der Waals surface area contributed by atoms with E-state index < -0.39 is 0 Å². The first-order valence-electron chi connectivity index (χ1n) is 20.5. The molecule has 0 amide bonds. The van der Waals surface area contributed by atoms with Crippen molar-refractivity contribution < 1.29 is 28.4 Å². The number of benzene rings is 4. The molecule has 0 radical (unpaired) electrons. The van der Waals surface area contributed by atoms with Crippen LogP contribution in [0, 0.1) is 0 Å². The van der Waals surface area contributed by atoms with Gasteiger partial charge in [0, 0.05) is 44.1 Å². The van der Waals surface area contributed by atoms with Gasteiger partial charge in [0.05, 0.1) is 27.6 Å². The van der Waals surface area contributed by atoms with E-state index in [1.54, 1.807) is 21.3 Å². The Bertz CT molecular complexity index is 1540. The topological polar surface area (TPSA) is 55.4 Å². The van der Waals surface area contributed by atoms with Gasteiger partial charge in [0.25, 0.3) is 0 Å². The second-order valence-corrected chi connectivity index (χ2v) is 20.2. The van der Waals surface area contributed by atoms with Crippen LogP contribution in [0.2, 0.25) is 44.3 Å². The lowest BCUT2D eigenvalue weighted by Gasteiger charge is -2.18. The van der Waals surface area contributed by atoms with Crippen LogP contribution in [0.3, 0.4) is 0 Å². The van der Waals surface area contributed by atoms with Crippen molar-refractivity contribution in [3.63, 3.8) is 0 Å². The zero-order chi connectivity index (χ0) is 39.9. The molecule has 4 aromatic rings. The van der Waals surface area contributed by atoms with Crippen LogP contribution in [-0.4, -0.2) is 72.6 Å². The molecular formula is C45H70O6Si4. The highest BCUT2D eigenvalue weighted by atomic mass is 28.2. The standard InChI is InChI=1S/C12H18O2Si.C12H20O2Si.C11H18OSi.C10H14OSi/c1-15-8-2-3-10-4-5-11-12(9-10)14-7-6-13-11;1-13-11-7-10(5-4-6-15-3)8-12(9-11)14-2;1-12-11-7-5-10(6-8-11)4-3-9-13-2;1-3-11-10-6-4-9(5-7-10)8-12-2/h4-5,9H,2-3,6-8,15H2,1H3;7-9H,4-6,15H2,1-3H3;5-8H,3-4,9,13H2,1-2H3;3-7H,1,8,12H2,2H3. The highest BCUT2D eigenvalue weighted by molar-refractivity contribution is 6.34. The van der Waals surface area contributed by atoms with Gasteiger partial charge in [-0.05, 0) is 90.5 Å². The molecule has 0 fully saturated rings. The quantitative estimate of drug-likeness (QED) is 0.0538. The molecule has 302 valence electrons. The number of rotatable bonds is 19. The van der Waals surface area contributed by atoms with E-state index >= 15 is 0 Å². The Kier molecular flexibility index (Phi) is 26.3. The van der Waals surface area contributed by atoms with E-state index in [2.05, 4.69) is 81.3 Å². The van der Waals surface area contributed by atoms with Crippen LogP contribution in [0.25, 0.3) is 0 Å². The summed E-state index contributed by atoms with van der Waals surface area (Å²) >= 11 is 0. The summed E-state index contributed by atoms with van der Waals surface area (Å²) in [5.74, 6) is 5.42. The van der Waals surface area contributed by atoms with Gasteiger partial charge in [-0.25, -0.2) is 0 Å². The second-order valence-electron chi connectivity index (χ2n) is 13.6. The number of methoxy groups -OCH3 is 3. The van der Waals surface area contributed by atoms with Gasteiger partial charge < -0.3 is 28.4 Å². The molecule has 10 heteroatoms. The average Bonchev–Trinajstić information content (AvgIpc) is 3.23. The van der Waals surface area contributed by atoms with Gasteiger partial charge in [0.1, 0.15) is 36.2 Å². The molecule has 1 heterocycles. The third-order valence-electron chi connectivity index (χ3n) is 9.07. The fourth-order valence-electron chi connectivity index (χ4n) is 5.90. The van der Waals surface area contributed by atoms with Crippen molar-refractivity contribution in [3.05, 3.63) is 120 Å². The molecule has 1 aliphatic heterocycles. The minimum absolute atomic E-state index is 0.131. The number of aryl methyl sites for hydroxylation is 3. The smallest absolute Gasteiger partial charge is 0.161 e. The summed E-state index contributed by atoms with van der Waals surface area (Å²) in [5, 5.41) is 0. The van der Waals surface area contributed by atoms with Gasteiger partial charge >= 0.3 is 0 Å². The normalized spacial score (nSPS) is 11.8. The van der Waals surface area contributed by atoms with Gasteiger partial charge in [-0.3, -0.25) is 0 Å². The molecule has 0 atom stereocenters. The van der Waals surface area contributed by atoms with Crippen molar-refractivity contribution in [2.24, 2.45) is 0 Å². The molecule has 6 nitrogen and oxygen atoms in total. The summed E-state index contributed by atoms with van der Waals surface area (Å²) in [6.07, 6.45) is 8.96. The van der Waals surface area contributed by atoms with E-state index in [4.69, 9.17) is 28.4 Å². The molecule has 0 spiro atoms. The zero-order valence-corrected chi connectivity index (χ0v) is 40.8. The number of ether oxygens (including phenoxy) is 6. The minimum atomic E-state index is 0.131. The lowest BCUT2D eigenvalue weighted by Crippen LogP contribution is -2.15. The highest BCUT2D eigenvalue weighted by Gasteiger charge is 2.11. The molecular weight excluding hydrogens is 749 g/mol. The summed E-state index contributed by atoms with van der Waals surface area (Å²) in [6.45, 7) is 14.3. The van der Waals surface area contributed by atoms with E-state index in [9.17, 15) is 0 Å². The van der Waals surface area contributed by atoms with Crippen LogP contribution in [0.15, 0.2) is 97.8 Å². The first kappa shape index (κ1) is 47.4. The van der Waals surface area contributed by atoms with Crippen LogP contribution in [0.5, 0.6) is 34.5 Å². The van der Waals surface area contributed by atoms with Gasteiger partial charge in [-0.2, -0.15) is 0 Å². The maximum Gasteiger partial charge on any atom is 0.161 e. The third kappa shape index (κ3) is 20.7. The fraction of sp³-hybridized carbons (Fsp3) is 0.422. The second kappa shape index (κ2) is 30.5. The van der Waals surface area contributed by atoms with Crippen molar-refractivity contribution >= 4 is 38.1 Å². The Morgan fingerprint density at radius 1 is 0.509 bits per heavy atom. The Hall–Kier alpha value is -3.71. The largest absolute Gasteiger partial charge is 0.497 e. The van der Waals surface area contributed by atoms with E-state index in [0.29, 0.717) is 13.2 Å². The Morgan fingerprint density at radius 3 is 1.49 bits per heavy atom. The molecule has 5 rings (SSSR count). The molecule has 55 heavy (non-hydrogen) atoms. The van der Waals surface area contributed by atoms with Crippen LogP contribution >= 0.6 is 0 Å². The van der Waals surface area contributed by atoms with Crippen molar-refractivity contribution in [3.8, 4) is 34.5 Å². The first-order valence-corrected chi connectivity index (χ1v) is 30.2. The molecule has 1 aliphatic rings. The molecule has 4 aromatic carbocycles. The monoisotopic (exact) mass is 818 g/mol. The van der Waals surface area contributed by atoms with Crippen LogP contribution < -0.4 is 28.4 Å².